The van der Waals surface area contributed by atoms with Crippen LogP contribution in [0.1, 0.15) is 28.8 Å². The largest absolute Gasteiger partial charge is 0.452 e. The molecule has 0 aliphatic carbocycles. The average molecular weight is 322 g/mol. The third-order valence-electron chi connectivity index (χ3n) is 3.91. The van der Waals surface area contributed by atoms with E-state index in [9.17, 15) is 18.8 Å². The standard InChI is InChI=1S/C16H19FN2O4/c1-10-4-5-11(7-13(10)17)16(22)23-9-14(20)19-6-2-3-12(8-19)15(18)21/h4-5,7,12H,2-3,6,8-9H2,1H3,(H2,18,21)/t12-/m1/s1. The van der Waals surface area contributed by atoms with Crippen LogP contribution in [0.4, 0.5) is 4.39 Å². The molecule has 1 aromatic carbocycles. The molecule has 2 rings (SSSR count). The number of carbonyl (C=O) groups is 3. The van der Waals surface area contributed by atoms with Crippen molar-refractivity contribution < 1.29 is 23.5 Å². The number of primary amides is 1. The summed E-state index contributed by atoms with van der Waals surface area (Å²) in [4.78, 5) is 36.5. The minimum absolute atomic E-state index is 0.0505. The molecule has 0 saturated carbocycles. The number of piperidine rings is 1. The fourth-order valence-electron chi connectivity index (χ4n) is 2.46. The first-order chi connectivity index (χ1) is 10.9. The molecule has 1 saturated heterocycles. The Bertz CT molecular complexity index is 633. The Morgan fingerprint density at radius 3 is 2.78 bits per heavy atom. The van der Waals surface area contributed by atoms with Gasteiger partial charge in [-0.15, -0.1) is 0 Å². The number of aryl methyl sites for hydroxylation is 1. The predicted octanol–water partition coefficient (Wildman–Crippen LogP) is 1.01. The number of ether oxygens (including phenoxy) is 1. The van der Waals surface area contributed by atoms with E-state index in [0.717, 1.165) is 6.07 Å². The van der Waals surface area contributed by atoms with Crippen molar-refractivity contribution in [2.45, 2.75) is 19.8 Å². The fraction of sp³-hybridized carbons (Fsp3) is 0.438. The van der Waals surface area contributed by atoms with Crippen LogP contribution >= 0.6 is 0 Å². The lowest BCUT2D eigenvalue weighted by atomic mass is 9.97. The zero-order valence-electron chi connectivity index (χ0n) is 12.9. The van der Waals surface area contributed by atoms with Crippen molar-refractivity contribution >= 4 is 17.8 Å². The van der Waals surface area contributed by atoms with Crippen LogP contribution in [0.2, 0.25) is 0 Å². The number of hydrogen-bond donors (Lipinski definition) is 1. The molecule has 2 amide bonds. The summed E-state index contributed by atoms with van der Waals surface area (Å²) >= 11 is 0. The van der Waals surface area contributed by atoms with E-state index in [2.05, 4.69) is 0 Å². The van der Waals surface area contributed by atoms with Gasteiger partial charge in [0.05, 0.1) is 11.5 Å². The molecule has 0 aromatic heterocycles. The minimum Gasteiger partial charge on any atom is -0.452 e. The fourth-order valence-corrected chi connectivity index (χ4v) is 2.46. The van der Waals surface area contributed by atoms with Crippen LogP contribution in [0.3, 0.4) is 0 Å². The summed E-state index contributed by atoms with van der Waals surface area (Å²) in [6.45, 7) is 1.88. The molecular formula is C16H19FN2O4. The molecule has 1 aromatic rings. The Hall–Kier alpha value is -2.44. The second kappa shape index (κ2) is 7.21. The summed E-state index contributed by atoms with van der Waals surface area (Å²) in [5.41, 5.74) is 5.73. The molecule has 2 N–H and O–H groups in total. The summed E-state index contributed by atoms with van der Waals surface area (Å²) in [7, 11) is 0. The molecular weight excluding hydrogens is 303 g/mol. The minimum atomic E-state index is -0.763. The van der Waals surface area contributed by atoms with Gasteiger partial charge in [-0.1, -0.05) is 6.07 Å². The highest BCUT2D eigenvalue weighted by Crippen LogP contribution is 2.16. The Kier molecular flexibility index (Phi) is 5.31. The number of halogens is 1. The third-order valence-corrected chi connectivity index (χ3v) is 3.91. The van der Waals surface area contributed by atoms with Crippen LogP contribution in [0.5, 0.6) is 0 Å². The summed E-state index contributed by atoms with van der Waals surface area (Å²) in [6, 6.07) is 3.98. The lowest BCUT2D eigenvalue weighted by Gasteiger charge is -2.31. The number of benzene rings is 1. The van der Waals surface area contributed by atoms with Gasteiger partial charge < -0.3 is 15.4 Å². The van der Waals surface area contributed by atoms with E-state index < -0.39 is 30.2 Å². The highest BCUT2D eigenvalue weighted by Gasteiger charge is 2.27. The lowest BCUT2D eigenvalue weighted by molar-refractivity contribution is -0.137. The summed E-state index contributed by atoms with van der Waals surface area (Å²) in [5, 5.41) is 0. The molecule has 124 valence electrons. The SMILES string of the molecule is Cc1ccc(C(=O)OCC(=O)N2CCC[C@@H](C(N)=O)C2)cc1F. The van der Waals surface area contributed by atoms with Gasteiger partial charge in [-0.25, -0.2) is 9.18 Å². The van der Waals surface area contributed by atoms with Crippen molar-refractivity contribution in [2.75, 3.05) is 19.7 Å². The Balaban J connectivity index is 1.89. The molecule has 0 radical (unpaired) electrons. The summed E-state index contributed by atoms with van der Waals surface area (Å²) in [6.07, 6.45) is 1.33. The number of rotatable bonds is 4. The van der Waals surface area contributed by atoms with Crippen LogP contribution < -0.4 is 5.73 Å². The van der Waals surface area contributed by atoms with Crippen molar-refractivity contribution in [3.05, 3.63) is 35.1 Å². The Labute approximate surface area is 133 Å². The summed E-state index contributed by atoms with van der Waals surface area (Å²) in [5.74, 6) is -2.46. The molecule has 7 heteroatoms. The topological polar surface area (TPSA) is 89.7 Å². The van der Waals surface area contributed by atoms with Gasteiger partial charge in [0.1, 0.15) is 5.82 Å². The number of esters is 1. The van der Waals surface area contributed by atoms with Crippen molar-refractivity contribution in [1.29, 1.82) is 0 Å². The first-order valence-electron chi connectivity index (χ1n) is 7.39. The van der Waals surface area contributed by atoms with E-state index in [0.29, 0.717) is 24.9 Å². The molecule has 1 fully saturated rings. The number of nitrogens with two attached hydrogens (primary N) is 1. The summed E-state index contributed by atoms with van der Waals surface area (Å²) < 4.78 is 18.3. The highest BCUT2D eigenvalue weighted by atomic mass is 19.1. The van der Waals surface area contributed by atoms with Gasteiger partial charge in [-0.05, 0) is 37.5 Å². The molecule has 0 unspecified atom stereocenters. The van der Waals surface area contributed by atoms with E-state index in [1.807, 2.05) is 0 Å². The number of likely N-dealkylation sites (tertiary alicyclic amines) is 1. The quantitative estimate of drug-likeness (QED) is 0.838. The van der Waals surface area contributed by atoms with E-state index in [1.165, 1.54) is 17.0 Å². The van der Waals surface area contributed by atoms with Gasteiger partial charge in [-0.2, -0.15) is 0 Å². The molecule has 1 heterocycles. The average Bonchev–Trinajstić information content (AvgIpc) is 2.54. The second-order valence-corrected chi connectivity index (χ2v) is 5.62. The second-order valence-electron chi connectivity index (χ2n) is 5.62. The first-order valence-corrected chi connectivity index (χ1v) is 7.39. The molecule has 23 heavy (non-hydrogen) atoms. The normalized spacial score (nSPS) is 17.7. The van der Waals surface area contributed by atoms with Crippen molar-refractivity contribution in [1.82, 2.24) is 4.90 Å². The predicted molar refractivity (Wildman–Crippen MR) is 79.9 cm³/mol. The molecule has 1 aliphatic heterocycles. The molecule has 1 atom stereocenters. The van der Waals surface area contributed by atoms with Gasteiger partial charge in [0.25, 0.3) is 5.91 Å². The first kappa shape index (κ1) is 16.9. The van der Waals surface area contributed by atoms with Gasteiger partial charge in [0.15, 0.2) is 6.61 Å². The van der Waals surface area contributed by atoms with Crippen LogP contribution in [-0.4, -0.2) is 42.4 Å². The van der Waals surface area contributed by atoms with Gasteiger partial charge in [0.2, 0.25) is 5.91 Å². The van der Waals surface area contributed by atoms with Gasteiger partial charge in [0, 0.05) is 13.1 Å². The van der Waals surface area contributed by atoms with Crippen molar-refractivity contribution in [2.24, 2.45) is 11.7 Å². The van der Waals surface area contributed by atoms with Crippen LogP contribution in [0.25, 0.3) is 0 Å². The number of nitrogens with zero attached hydrogens (tertiary/aromatic N) is 1. The van der Waals surface area contributed by atoms with E-state index in [-0.39, 0.29) is 18.0 Å². The molecule has 0 spiro atoms. The maximum Gasteiger partial charge on any atom is 0.338 e. The number of amides is 2. The van der Waals surface area contributed by atoms with Crippen LogP contribution in [-0.2, 0) is 14.3 Å². The number of hydrogen-bond acceptors (Lipinski definition) is 4. The van der Waals surface area contributed by atoms with E-state index in [1.54, 1.807) is 6.92 Å². The zero-order valence-corrected chi connectivity index (χ0v) is 12.9. The van der Waals surface area contributed by atoms with Gasteiger partial charge >= 0.3 is 5.97 Å². The lowest BCUT2D eigenvalue weighted by Crippen LogP contribution is -2.45. The van der Waals surface area contributed by atoms with Crippen LogP contribution in [0.15, 0.2) is 18.2 Å². The molecule has 0 bridgehead atoms. The van der Waals surface area contributed by atoms with Gasteiger partial charge in [-0.3, -0.25) is 9.59 Å². The van der Waals surface area contributed by atoms with Crippen LogP contribution in [0, 0.1) is 18.7 Å². The molecule has 6 nitrogen and oxygen atoms in total. The third kappa shape index (κ3) is 4.28. The van der Waals surface area contributed by atoms with E-state index >= 15 is 0 Å². The zero-order chi connectivity index (χ0) is 17.0. The molecule has 1 aliphatic rings. The maximum atomic E-state index is 13.4. The monoisotopic (exact) mass is 322 g/mol. The highest BCUT2D eigenvalue weighted by molar-refractivity contribution is 5.91. The Morgan fingerprint density at radius 1 is 1.39 bits per heavy atom. The smallest absolute Gasteiger partial charge is 0.338 e. The maximum absolute atomic E-state index is 13.4. The van der Waals surface area contributed by atoms with Crippen molar-refractivity contribution in [3.8, 4) is 0 Å². The Morgan fingerprint density at radius 2 is 2.13 bits per heavy atom. The van der Waals surface area contributed by atoms with Crippen molar-refractivity contribution in [3.63, 3.8) is 0 Å². The van der Waals surface area contributed by atoms with E-state index in [4.69, 9.17) is 10.5 Å². The number of carbonyl (C=O) groups excluding carboxylic acids is 3.